The van der Waals surface area contributed by atoms with Crippen LogP contribution in [0.3, 0.4) is 0 Å². The van der Waals surface area contributed by atoms with Crippen LogP contribution in [0.25, 0.3) is 0 Å². The minimum absolute atomic E-state index is 0.312. The molecule has 18 heavy (non-hydrogen) atoms. The third-order valence-electron chi connectivity index (χ3n) is 4.46. The maximum Gasteiger partial charge on any atom is 0.227 e. The van der Waals surface area contributed by atoms with E-state index in [1.165, 1.54) is 43.2 Å². The highest BCUT2D eigenvalue weighted by atomic mass is 16.2. The maximum absolute atomic E-state index is 12.1. The number of rotatable bonds is 3. The van der Waals surface area contributed by atoms with Crippen molar-refractivity contribution in [2.24, 2.45) is 5.92 Å². The average Bonchev–Trinajstić information content (AvgIpc) is 2.89. The van der Waals surface area contributed by atoms with Crippen molar-refractivity contribution in [2.45, 2.75) is 45.1 Å². The van der Waals surface area contributed by atoms with E-state index in [2.05, 4.69) is 23.1 Å². The summed E-state index contributed by atoms with van der Waals surface area (Å²) in [6, 6.07) is 8.34. The van der Waals surface area contributed by atoms with Crippen molar-refractivity contribution in [3.63, 3.8) is 0 Å². The summed E-state index contributed by atoms with van der Waals surface area (Å²) in [6.07, 6.45) is 7.33. The first kappa shape index (κ1) is 11.8. The third-order valence-corrected chi connectivity index (χ3v) is 4.46. The predicted molar refractivity (Wildman–Crippen MR) is 72.1 cm³/mol. The molecule has 2 nitrogen and oxygen atoms in total. The summed E-state index contributed by atoms with van der Waals surface area (Å²) in [4.78, 5) is 14.1. The highest BCUT2D eigenvalue weighted by Gasteiger charge is 2.23. The van der Waals surface area contributed by atoms with Gasteiger partial charge in [-0.1, -0.05) is 49.9 Å². The Morgan fingerprint density at radius 2 is 1.83 bits per heavy atom. The van der Waals surface area contributed by atoms with E-state index in [0.29, 0.717) is 12.3 Å². The molecular formula is C16H21NO. The van der Waals surface area contributed by atoms with Gasteiger partial charge in [0.1, 0.15) is 0 Å². The van der Waals surface area contributed by atoms with Crippen LogP contribution in [0.4, 0.5) is 0 Å². The Bertz CT molecular complexity index is 434. The number of carbonyl (C=O) groups excluding carboxylic acids is 1. The van der Waals surface area contributed by atoms with Gasteiger partial charge in [0.05, 0.1) is 6.42 Å². The number of amides is 1. The van der Waals surface area contributed by atoms with Crippen molar-refractivity contribution in [3.05, 3.63) is 35.4 Å². The highest BCUT2D eigenvalue weighted by molar-refractivity contribution is 5.80. The van der Waals surface area contributed by atoms with Gasteiger partial charge in [-0.15, -0.1) is 0 Å². The number of nitrogens with zero attached hydrogens (tertiary/aromatic N) is 1. The summed E-state index contributed by atoms with van der Waals surface area (Å²) >= 11 is 0. The molecule has 1 heterocycles. The van der Waals surface area contributed by atoms with Crippen molar-refractivity contribution < 1.29 is 4.79 Å². The van der Waals surface area contributed by atoms with Gasteiger partial charge in [-0.25, -0.2) is 0 Å². The number of hydrogen-bond acceptors (Lipinski definition) is 1. The molecule has 0 spiro atoms. The summed E-state index contributed by atoms with van der Waals surface area (Å²) in [5, 5.41) is 0. The Morgan fingerprint density at radius 1 is 1.11 bits per heavy atom. The topological polar surface area (TPSA) is 20.3 Å². The molecule has 1 aliphatic heterocycles. The van der Waals surface area contributed by atoms with Crippen LogP contribution in [0.15, 0.2) is 24.3 Å². The second-order valence-electron chi connectivity index (χ2n) is 5.70. The molecule has 0 bridgehead atoms. The van der Waals surface area contributed by atoms with E-state index < -0.39 is 0 Å². The Morgan fingerprint density at radius 3 is 2.61 bits per heavy atom. The van der Waals surface area contributed by atoms with Crippen LogP contribution in [0.2, 0.25) is 0 Å². The normalized spacial score (nSPS) is 20.2. The molecule has 1 amide bonds. The molecule has 1 aromatic rings. The minimum atomic E-state index is 0.312. The molecule has 0 atom stereocenters. The third kappa shape index (κ3) is 2.43. The van der Waals surface area contributed by atoms with E-state index in [1.807, 2.05) is 6.07 Å². The lowest BCUT2D eigenvalue weighted by Gasteiger charge is -2.29. The molecule has 0 radical (unpaired) electrons. The second-order valence-corrected chi connectivity index (χ2v) is 5.70. The molecule has 0 N–H and O–H groups in total. The van der Waals surface area contributed by atoms with E-state index in [9.17, 15) is 4.79 Å². The molecule has 96 valence electrons. The van der Waals surface area contributed by atoms with Crippen molar-refractivity contribution >= 4 is 5.91 Å². The molecule has 0 saturated heterocycles. The van der Waals surface area contributed by atoms with Gasteiger partial charge in [-0.2, -0.15) is 0 Å². The lowest BCUT2D eigenvalue weighted by Crippen LogP contribution is -2.37. The maximum atomic E-state index is 12.1. The largest absolute Gasteiger partial charge is 0.338 e. The Balaban J connectivity index is 1.62. The molecule has 1 saturated carbocycles. The van der Waals surface area contributed by atoms with Crippen LogP contribution in [0.1, 0.15) is 43.2 Å². The Kier molecular flexibility index (Phi) is 3.35. The Labute approximate surface area is 109 Å². The van der Waals surface area contributed by atoms with Gasteiger partial charge < -0.3 is 4.90 Å². The van der Waals surface area contributed by atoms with Crippen molar-refractivity contribution in [2.75, 3.05) is 6.54 Å². The summed E-state index contributed by atoms with van der Waals surface area (Å²) in [5.74, 6) is 1.18. The van der Waals surface area contributed by atoms with E-state index in [4.69, 9.17) is 0 Å². The van der Waals surface area contributed by atoms with E-state index in [-0.39, 0.29) is 0 Å². The van der Waals surface area contributed by atoms with Crippen LogP contribution in [0.5, 0.6) is 0 Å². The number of hydrogen-bond donors (Lipinski definition) is 0. The number of benzene rings is 1. The smallest absolute Gasteiger partial charge is 0.227 e. The van der Waals surface area contributed by atoms with Gasteiger partial charge in [-0.05, 0) is 23.5 Å². The van der Waals surface area contributed by atoms with Crippen molar-refractivity contribution in [3.8, 4) is 0 Å². The fourth-order valence-corrected chi connectivity index (χ4v) is 3.29. The van der Waals surface area contributed by atoms with Crippen LogP contribution < -0.4 is 0 Å². The lowest BCUT2D eigenvalue weighted by molar-refractivity contribution is -0.132. The summed E-state index contributed by atoms with van der Waals surface area (Å²) in [5.41, 5.74) is 2.56. The zero-order chi connectivity index (χ0) is 12.4. The molecule has 2 aliphatic rings. The first-order valence-corrected chi connectivity index (χ1v) is 7.17. The monoisotopic (exact) mass is 243 g/mol. The van der Waals surface area contributed by atoms with Gasteiger partial charge in [0.25, 0.3) is 0 Å². The summed E-state index contributed by atoms with van der Waals surface area (Å²) in [6.45, 7) is 1.78. The average molecular weight is 243 g/mol. The van der Waals surface area contributed by atoms with Gasteiger partial charge in [0, 0.05) is 13.1 Å². The zero-order valence-corrected chi connectivity index (χ0v) is 10.9. The molecular weight excluding hydrogens is 222 g/mol. The predicted octanol–water partition coefficient (Wildman–Crippen LogP) is 3.15. The first-order chi connectivity index (χ1) is 8.83. The lowest BCUT2D eigenvalue weighted by atomic mass is 9.98. The minimum Gasteiger partial charge on any atom is -0.338 e. The fourth-order valence-electron chi connectivity index (χ4n) is 3.29. The molecule has 1 aromatic carbocycles. The zero-order valence-electron chi connectivity index (χ0n) is 10.9. The van der Waals surface area contributed by atoms with E-state index in [0.717, 1.165) is 19.0 Å². The summed E-state index contributed by atoms with van der Waals surface area (Å²) in [7, 11) is 0. The van der Waals surface area contributed by atoms with Gasteiger partial charge in [0.15, 0.2) is 0 Å². The van der Waals surface area contributed by atoms with Crippen molar-refractivity contribution in [1.29, 1.82) is 0 Å². The molecule has 1 aliphatic carbocycles. The van der Waals surface area contributed by atoms with Crippen LogP contribution in [-0.4, -0.2) is 17.4 Å². The fraction of sp³-hybridized carbons (Fsp3) is 0.562. The summed E-state index contributed by atoms with van der Waals surface area (Å²) < 4.78 is 0. The number of carbonyl (C=O) groups is 1. The highest BCUT2D eigenvalue weighted by Crippen LogP contribution is 2.28. The quantitative estimate of drug-likeness (QED) is 0.798. The second kappa shape index (κ2) is 5.13. The van der Waals surface area contributed by atoms with Crippen molar-refractivity contribution in [1.82, 2.24) is 4.90 Å². The standard InChI is InChI=1S/C16H21NO/c18-16-11-14-7-3-4-8-15(14)12-17(16)10-9-13-5-1-2-6-13/h3-4,7-8,13H,1-2,5-6,9-12H2. The molecule has 3 rings (SSSR count). The molecule has 1 fully saturated rings. The van der Waals surface area contributed by atoms with E-state index >= 15 is 0 Å². The van der Waals surface area contributed by atoms with Gasteiger partial charge in [-0.3, -0.25) is 4.79 Å². The molecule has 0 aromatic heterocycles. The SMILES string of the molecule is O=C1Cc2ccccc2CN1CCC1CCCC1. The van der Waals surface area contributed by atoms with Crippen LogP contribution in [0, 0.1) is 5.92 Å². The van der Waals surface area contributed by atoms with Crippen LogP contribution in [-0.2, 0) is 17.8 Å². The molecule has 0 unspecified atom stereocenters. The number of fused-ring (bicyclic) bond motifs is 1. The first-order valence-electron chi connectivity index (χ1n) is 7.17. The van der Waals surface area contributed by atoms with Gasteiger partial charge >= 0.3 is 0 Å². The molecule has 2 heteroatoms. The Hall–Kier alpha value is -1.31. The van der Waals surface area contributed by atoms with Crippen LogP contribution >= 0.6 is 0 Å². The van der Waals surface area contributed by atoms with E-state index in [1.54, 1.807) is 0 Å². The van der Waals surface area contributed by atoms with Gasteiger partial charge in [0.2, 0.25) is 5.91 Å².